The molecule has 0 radical (unpaired) electrons. The number of para-hydroxylation sites is 1. The van der Waals surface area contributed by atoms with Crippen LogP contribution in [0.1, 0.15) is 16.7 Å². The van der Waals surface area contributed by atoms with Gasteiger partial charge in [-0.1, -0.05) is 30.3 Å². The van der Waals surface area contributed by atoms with Crippen molar-refractivity contribution in [3.63, 3.8) is 0 Å². The highest BCUT2D eigenvalue weighted by Crippen LogP contribution is 2.24. The number of H-pyrrole nitrogens is 1. The topological polar surface area (TPSA) is 143 Å². The molecule has 0 saturated heterocycles. The average molecular weight is 441 g/mol. The Hall–Kier alpha value is -4.91. The van der Waals surface area contributed by atoms with Gasteiger partial charge in [0.25, 0.3) is 5.56 Å². The zero-order valence-electron chi connectivity index (χ0n) is 17.6. The van der Waals surface area contributed by atoms with Crippen molar-refractivity contribution in [3.8, 4) is 11.8 Å². The second kappa shape index (κ2) is 8.68. The summed E-state index contributed by atoms with van der Waals surface area (Å²) in [6.45, 7) is 2.11. The van der Waals surface area contributed by atoms with Gasteiger partial charge in [0.2, 0.25) is 6.41 Å². The van der Waals surface area contributed by atoms with Crippen LogP contribution < -0.4 is 21.9 Å². The zero-order valence-corrected chi connectivity index (χ0v) is 17.6. The molecule has 0 bridgehead atoms. The van der Waals surface area contributed by atoms with Gasteiger partial charge < -0.3 is 5.73 Å². The summed E-state index contributed by atoms with van der Waals surface area (Å²) in [5.74, 6) is -0.239. The smallest absolute Gasteiger partial charge is 0.334 e. The van der Waals surface area contributed by atoms with E-state index in [-0.39, 0.29) is 17.2 Å². The van der Waals surface area contributed by atoms with Crippen LogP contribution in [0.4, 0.5) is 17.2 Å². The number of amides is 1. The van der Waals surface area contributed by atoms with Crippen molar-refractivity contribution < 1.29 is 4.79 Å². The van der Waals surface area contributed by atoms with Gasteiger partial charge in [-0.25, -0.2) is 9.36 Å². The van der Waals surface area contributed by atoms with Crippen LogP contribution >= 0.6 is 0 Å². The molecule has 0 unspecified atom stereocenters. The number of nitriles is 1. The van der Waals surface area contributed by atoms with E-state index in [1.807, 2.05) is 6.07 Å². The number of anilines is 3. The van der Waals surface area contributed by atoms with Gasteiger partial charge in [-0.15, -0.1) is 0 Å². The lowest BCUT2D eigenvalue weighted by molar-refractivity contribution is -0.106. The number of hydrogen-bond donors (Lipinski definition) is 2. The van der Waals surface area contributed by atoms with E-state index < -0.39 is 11.2 Å². The number of nitrogens with two attached hydrogens (primary N) is 1. The Kier molecular flexibility index (Phi) is 5.61. The molecule has 164 valence electrons. The molecule has 2 aromatic carbocycles. The lowest BCUT2D eigenvalue weighted by Crippen LogP contribution is -2.38. The van der Waals surface area contributed by atoms with E-state index in [2.05, 4.69) is 16.2 Å². The second-order valence-corrected chi connectivity index (χ2v) is 7.30. The summed E-state index contributed by atoms with van der Waals surface area (Å²) < 4.78 is 2.50. The molecule has 10 heteroatoms. The van der Waals surface area contributed by atoms with Gasteiger partial charge >= 0.3 is 5.69 Å². The molecule has 0 aliphatic rings. The van der Waals surface area contributed by atoms with E-state index in [1.165, 1.54) is 6.20 Å². The minimum absolute atomic E-state index is 0.195. The Morgan fingerprint density at radius 3 is 2.73 bits per heavy atom. The van der Waals surface area contributed by atoms with Crippen molar-refractivity contribution in [2.45, 2.75) is 13.5 Å². The largest absolute Gasteiger partial charge is 0.383 e. The molecule has 0 fully saturated rings. The number of nitrogens with one attached hydrogen (secondary N) is 1. The number of benzene rings is 2. The molecule has 0 saturated carbocycles. The minimum Gasteiger partial charge on any atom is -0.383 e. The molecule has 1 amide bonds. The number of nitrogens with zero attached hydrogens (tertiary/aromatic N) is 5. The summed E-state index contributed by atoms with van der Waals surface area (Å²) in [5.41, 5.74) is 7.03. The molecular formula is C23H19N7O3. The van der Waals surface area contributed by atoms with Crippen LogP contribution in [0.3, 0.4) is 0 Å². The molecule has 4 rings (SSSR count). The van der Waals surface area contributed by atoms with E-state index in [4.69, 9.17) is 11.0 Å². The standard InChI is InChI=1S/C23H19N7O3/c1-15-5-2-3-8-19(15)30-22(32)20(21(25)27-23(30)33)29(14-31)18-11-26-28(13-18)12-17-7-4-6-16(9-17)10-24/h2-9,11,13-14H,12,25H2,1H3,(H,27,33). The normalized spacial score (nSPS) is 10.5. The fraction of sp³-hybridized carbons (Fsp3) is 0.0870. The predicted octanol–water partition coefficient (Wildman–Crippen LogP) is 1.83. The van der Waals surface area contributed by atoms with E-state index in [0.29, 0.717) is 29.8 Å². The van der Waals surface area contributed by atoms with Gasteiger partial charge in [0.1, 0.15) is 5.82 Å². The third-order valence-electron chi connectivity index (χ3n) is 5.11. The van der Waals surface area contributed by atoms with Crippen molar-refractivity contribution in [1.29, 1.82) is 5.26 Å². The molecule has 0 aliphatic carbocycles. The van der Waals surface area contributed by atoms with Crippen LogP contribution in [-0.4, -0.2) is 25.7 Å². The lowest BCUT2D eigenvalue weighted by atomic mass is 10.1. The summed E-state index contributed by atoms with van der Waals surface area (Å²) in [6, 6.07) is 16.0. The lowest BCUT2D eigenvalue weighted by Gasteiger charge is -2.18. The van der Waals surface area contributed by atoms with Crippen LogP contribution in [0.25, 0.3) is 5.69 Å². The van der Waals surface area contributed by atoms with Gasteiger partial charge in [-0.05, 0) is 36.2 Å². The first-order valence-corrected chi connectivity index (χ1v) is 9.89. The first-order valence-electron chi connectivity index (χ1n) is 9.89. The Labute approximate surface area is 187 Å². The molecule has 33 heavy (non-hydrogen) atoms. The molecule has 3 N–H and O–H groups in total. The van der Waals surface area contributed by atoms with Crippen molar-refractivity contribution >= 4 is 23.6 Å². The summed E-state index contributed by atoms with van der Waals surface area (Å²) in [7, 11) is 0. The fourth-order valence-electron chi connectivity index (χ4n) is 3.54. The summed E-state index contributed by atoms with van der Waals surface area (Å²) in [6.07, 6.45) is 3.41. The number of hydrogen-bond acceptors (Lipinski definition) is 6. The molecule has 0 atom stereocenters. The van der Waals surface area contributed by atoms with Crippen LogP contribution in [0, 0.1) is 18.3 Å². The third kappa shape index (κ3) is 4.03. The van der Waals surface area contributed by atoms with Gasteiger partial charge in [0.15, 0.2) is 5.69 Å². The molecule has 2 aromatic heterocycles. The minimum atomic E-state index is -0.743. The van der Waals surface area contributed by atoms with Crippen molar-refractivity contribution in [3.05, 3.63) is 98.5 Å². The molecule has 2 heterocycles. The van der Waals surface area contributed by atoms with E-state index in [1.54, 1.807) is 60.3 Å². The van der Waals surface area contributed by atoms with Gasteiger partial charge in [-0.3, -0.25) is 24.2 Å². The Balaban J connectivity index is 1.76. The van der Waals surface area contributed by atoms with Crippen LogP contribution in [-0.2, 0) is 11.3 Å². The van der Waals surface area contributed by atoms with Gasteiger partial charge in [-0.2, -0.15) is 10.4 Å². The first-order chi connectivity index (χ1) is 15.9. The van der Waals surface area contributed by atoms with Crippen molar-refractivity contribution in [1.82, 2.24) is 19.3 Å². The Morgan fingerprint density at radius 1 is 1.21 bits per heavy atom. The monoisotopic (exact) mass is 441 g/mol. The number of aryl methyl sites for hydroxylation is 1. The molecular weight excluding hydrogens is 422 g/mol. The Morgan fingerprint density at radius 2 is 2.00 bits per heavy atom. The number of nitrogen functional groups attached to an aromatic ring is 1. The number of carbonyl (C=O) groups excluding carboxylic acids is 1. The maximum absolute atomic E-state index is 13.3. The highest BCUT2D eigenvalue weighted by Gasteiger charge is 2.22. The zero-order chi connectivity index (χ0) is 23.5. The van der Waals surface area contributed by atoms with Crippen molar-refractivity contribution in [2.75, 3.05) is 10.6 Å². The van der Waals surface area contributed by atoms with E-state index in [0.717, 1.165) is 15.0 Å². The fourth-order valence-corrected chi connectivity index (χ4v) is 3.54. The summed E-state index contributed by atoms with van der Waals surface area (Å²) in [5, 5.41) is 13.3. The van der Waals surface area contributed by atoms with E-state index >= 15 is 0 Å². The van der Waals surface area contributed by atoms with Gasteiger partial charge in [0, 0.05) is 6.20 Å². The molecule has 0 spiro atoms. The quantitative estimate of drug-likeness (QED) is 0.437. The van der Waals surface area contributed by atoms with E-state index in [9.17, 15) is 14.4 Å². The molecule has 4 aromatic rings. The second-order valence-electron chi connectivity index (χ2n) is 7.30. The Bertz CT molecular complexity index is 1510. The molecule has 10 nitrogen and oxygen atoms in total. The van der Waals surface area contributed by atoms with Crippen LogP contribution in [0.5, 0.6) is 0 Å². The summed E-state index contributed by atoms with van der Waals surface area (Å²) >= 11 is 0. The maximum Gasteiger partial charge on any atom is 0.334 e. The summed E-state index contributed by atoms with van der Waals surface area (Å²) in [4.78, 5) is 41.4. The molecule has 0 aliphatic heterocycles. The van der Waals surface area contributed by atoms with Crippen LogP contribution in [0.15, 0.2) is 70.5 Å². The highest BCUT2D eigenvalue weighted by atomic mass is 16.2. The highest BCUT2D eigenvalue weighted by molar-refractivity contribution is 5.89. The average Bonchev–Trinajstić information content (AvgIpc) is 3.25. The maximum atomic E-state index is 13.3. The third-order valence-corrected chi connectivity index (χ3v) is 5.11. The number of aromatic nitrogens is 4. The SMILES string of the molecule is Cc1ccccc1-n1c(=O)[nH]c(N)c(N(C=O)c2cnn(Cc3cccc(C#N)c3)c2)c1=O. The van der Waals surface area contributed by atoms with Crippen LogP contribution in [0.2, 0.25) is 0 Å². The first kappa shape index (κ1) is 21.3. The number of carbonyl (C=O) groups is 1. The number of aromatic amines is 1. The number of rotatable bonds is 6. The van der Waals surface area contributed by atoms with Crippen molar-refractivity contribution in [2.24, 2.45) is 0 Å². The van der Waals surface area contributed by atoms with Gasteiger partial charge in [0.05, 0.1) is 35.7 Å². The predicted molar refractivity (Wildman–Crippen MR) is 122 cm³/mol.